The second-order valence-electron chi connectivity index (χ2n) is 15.5. The summed E-state index contributed by atoms with van der Waals surface area (Å²) in [6.45, 7) is 9.07. The van der Waals surface area contributed by atoms with Crippen LogP contribution in [0.15, 0.2) is 54.7 Å². The first-order valence-electron chi connectivity index (χ1n) is 20.3. The molecule has 0 saturated carbocycles. The predicted molar refractivity (Wildman–Crippen MR) is 219 cm³/mol. The molecule has 3 aromatic heterocycles. The van der Waals surface area contributed by atoms with Crippen molar-refractivity contribution in [1.29, 1.82) is 0 Å². The number of rotatable bonds is 12. The Morgan fingerprint density at radius 1 is 0.741 bits per heavy atom. The Labute approximate surface area is 337 Å². The molecule has 4 amide bonds. The van der Waals surface area contributed by atoms with Gasteiger partial charge in [0, 0.05) is 29.6 Å². The van der Waals surface area contributed by atoms with E-state index in [4.69, 9.17) is 24.4 Å². The fourth-order valence-electron chi connectivity index (χ4n) is 8.18. The number of hydrogen-bond acceptors (Lipinski definition) is 9. The predicted octanol–water partition coefficient (Wildman–Crippen LogP) is 7.04. The normalized spacial score (nSPS) is 18.9. The number of pyridine rings is 1. The number of amides is 4. The molecule has 306 valence electrons. The Balaban J connectivity index is 1.07. The van der Waals surface area contributed by atoms with Gasteiger partial charge in [0.1, 0.15) is 23.7 Å². The lowest BCUT2D eigenvalue weighted by Crippen LogP contribution is -2.51. The van der Waals surface area contributed by atoms with E-state index < -0.39 is 24.3 Å². The van der Waals surface area contributed by atoms with Crippen LogP contribution in [0.5, 0.6) is 0 Å². The Kier molecular flexibility index (Phi) is 12.0. The summed E-state index contributed by atoms with van der Waals surface area (Å²) in [4.78, 5) is 77.0. The molecule has 7 rings (SSSR count). The van der Waals surface area contributed by atoms with Gasteiger partial charge >= 0.3 is 12.2 Å². The molecule has 2 saturated heterocycles. The van der Waals surface area contributed by atoms with Crippen molar-refractivity contribution in [2.75, 3.05) is 27.3 Å². The summed E-state index contributed by atoms with van der Waals surface area (Å²) in [6, 6.07) is 14.3. The number of methoxy groups -OCH3 is 2. The highest BCUT2D eigenvalue weighted by Crippen LogP contribution is 2.36. The number of aromatic nitrogens is 5. The van der Waals surface area contributed by atoms with E-state index in [9.17, 15) is 19.2 Å². The van der Waals surface area contributed by atoms with E-state index in [1.807, 2.05) is 73.9 Å². The number of carbonyl (C=O) groups is 4. The zero-order valence-corrected chi connectivity index (χ0v) is 34.0. The van der Waals surface area contributed by atoms with E-state index >= 15 is 0 Å². The summed E-state index contributed by atoms with van der Waals surface area (Å²) in [5, 5.41) is 6.47. The quantitative estimate of drug-likeness (QED) is 0.103. The van der Waals surface area contributed by atoms with E-state index in [1.54, 1.807) is 6.20 Å². The number of nitrogens with zero attached hydrogens (tertiary/aromatic N) is 5. The highest BCUT2D eigenvalue weighted by molar-refractivity contribution is 5.89. The number of hydrogen-bond donors (Lipinski definition) is 4. The van der Waals surface area contributed by atoms with Gasteiger partial charge < -0.3 is 39.9 Å². The van der Waals surface area contributed by atoms with Crippen LogP contribution in [0.25, 0.3) is 44.5 Å². The number of ether oxygens (including phenoxy) is 2. The minimum atomic E-state index is -0.687. The molecule has 0 spiro atoms. The van der Waals surface area contributed by atoms with Crippen LogP contribution in [0.1, 0.15) is 90.0 Å². The maximum Gasteiger partial charge on any atom is 0.407 e. The summed E-state index contributed by atoms with van der Waals surface area (Å²) in [5.41, 5.74) is 6.01. The molecule has 2 aliphatic heterocycles. The second kappa shape index (κ2) is 17.2. The molecule has 5 aromatic rings. The zero-order chi connectivity index (χ0) is 41.1. The van der Waals surface area contributed by atoms with Gasteiger partial charge in [-0.1, -0.05) is 58.7 Å². The van der Waals surface area contributed by atoms with Crippen LogP contribution in [0.4, 0.5) is 9.59 Å². The monoisotopic (exact) mass is 791 g/mol. The second-order valence-corrected chi connectivity index (χ2v) is 15.5. The molecule has 58 heavy (non-hydrogen) atoms. The van der Waals surface area contributed by atoms with Crippen LogP contribution in [-0.2, 0) is 19.1 Å². The minimum absolute atomic E-state index is 0.0627. The highest BCUT2D eigenvalue weighted by Gasteiger charge is 2.39. The highest BCUT2D eigenvalue weighted by atomic mass is 16.5. The third-order valence-corrected chi connectivity index (χ3v) is 12.0. The molecule has 15 heteroatoms. The summed E-state index contributed by atoms with van der Waals surface area (Å²) in [5.74, 6) is 1.04. The van der Waals surface area contributed by atoms with Crippen molar-refractivity contribution in [2.24, 2.45) is 11.8 Å². The van der Waals surface area contributed by atoms with E-state index in [0.717, 1.165) is 88.8 Å². The van der Waals surface area contributed by atoms with E-state index in [2.05, 4.69) is 32.7 Å². The van der Waals surface area contributed by atoms with Gasteiger partial charge in [0.15, 0.2) is 0 Å². The summed E-state index contributed by atoms with van der Waals surface area (Å²) < 4.78 is 9.62. The molecule has 15 nitrogen and oxygen atoms in total. The van der Waals surface area contributed by atoms with E-state index in [0.29, 0.717) is 18.9 Å². The molecule has 5 heterocycles. The van der Waals surface area contributed by atoms with Gasteiger partial charge in [-0.2, -0.15) is 0 Å². The number of aromatic amines is 2. The van der Waals surface area contributed by atoms with Crippen molar-refractivity contribution in [3.63, 3.8) is 0 Å². The van der Waals surface area contributed by atoms with Crippen molar-refractivity contribution in [1.82, 2.24) is 45.4 Å². The van der Waals surface area contributed by atoms with E-state index in [1.165, 1.54) is 14.2 Å². The number of fused-ring (bicyclic) bond motifs is 2. The fourth-order valence-corrected chi connectivity index (χ4v) is 8.18. The number of imidazole rings is 2. The molecule has 4 N–H and O–H groups in total. The molecular weight excluding hydrogens is 739 g/mol. The summed E-state index contributed by atoms with van der Waals surface area (Å²) in [7, 11) is 2.60. The van der Waals surface area contributed by atoms with Crippen LogP contribution in [-0.4, -0.2) is 98.1 Å². The SMILES string of the molecule is CC[C@@H](C)C(NC(=O)OC)C(=O)N1CCC[C@H]1c1nc2ccc(-c3ccc4cc(-c5cnc([C@@H]6CCCN6C(=O)[C@@H](NC(=O)OC)[C@H](C)CC)[nH]5)ccc4n3)cc2[nH]1. The Hall–Kier alpha value is -5.99. The van der Waals surface area contributed by atoms with Crippen molar-refractivity contribution in [3.8, 4) is 22.5 Å². The zero-order valence-electron chi connectivity index (χ0n) is 34.0. The fraction of sp³-hybridized carbons (Fsp3) is 0.465. The largest absolute Gasteiger partial charge is 0.453 e. The maximum atomic E-state index is 13.8. The smallest absolute Gasteiger partial charge is 0.407 e. The number of likely N-dealkylation sites (tertiary alicyclic amines) is 2. The van der Waals surface area contributed by atoms with Crippen LogP contribution in [0, 0.1) is 11.8 Å². The minimum Gasteiger partial charge on any atom is -0.453 e. The number of benzene rings is 2. The van der Waals surface area contributed by atoms with Gasteiger partial charge in [-0.25, -0.2) is 24.5 Å². The van der Waals surface area contributed by atoms with Gasteiger partial charge in [0.2, 0.25) is 11.8 Å². The van der Waals surface area contributed by atoms with Crippen LogP contribution >= 0.6 is 0 Å². The summed E-state index contributed by atoms with van der Waals surface area (Å²) >= 11 is 0. The third-order valence-electron chi connectivity index (χ3n) is 12.0. The average Bonchev–Trinajstić information content (AvgIpc) is 4.09. The first-order valence-corrected chi connectivity index (χ1v) is 20.3. The standard InChI is InChI=1S/C43H53N9O6/c1-7-24(3)36(49-42(55)57-5)40(53)51-19-9-11-34(51)38-44-23-33(48-38)27-14-17-29-26(21-27)13-16-30(45-29)28-15-18-31-32(22-28)47-39(46-31)35-12-10-20-52(35)41(54)37(25(4)8-2)50-43(56)58-6/h13-18,21-25,34-37H,7-12,19-20H2,1-6H3,(H,44,48)(H,46,47)(H,49,55)(H,50,56)/t24-,25-,34+,35+,36+,37?/m1/s1. The van der Waals surface area contributed by atoms with Gasteiger partial charge in [0.25, 0.3) is 0 Å². The van der Waals surface area contributed by atoms with Gasteiger partial charge in [0.05, 0.1) is 60.4 Å². The summed E-state index contributed by atoms with van der Waals surface area (Å²) in [6.07, 6.45) is 5.24. The lowest BCUT2D eigenvalue weighted by Gasteiger charge is -2.30. The Bertz CT molecular complexity index is 2300. The molecule has 0 bridgehead atoms. The van der Waals surface area contributed by atoms with Crippen molar-refractivity contribution in [3.05, 3.63) is 66.4 Å². The molecule has 6 atom stereocenters. The molecule has 2 aromatic carbocycles. The molecule has 0 radical (unpaired) electrons. The van der Waals surface area contributed by atoms with E-state index in [-0.39, 0.29) is 35.7 Å². The maximum absolute atomic E-state index is 13.8. The Morgan fingerprint density at radius 2 is 1.33 bits per heavy atom. The number of nitrogens with one attached hydrogen (secondary N) is 4. The molecule has 0 aliphatic carbocycles. The lowest BCUT2D eigenvalue weighted by atomic mass is 9.97. The van der Waals surface area contributed by atoms with Crippen LogP contribution < -0.4 is 10.6 Å². The molecule has 2 aliphatic rings. The van der Waals surface area contributed by atoms with Crippen LogP contribution in [0.2, 0.25) is 0 Å². The molecular formula is C43H53N9O6. The van der Waals surface area contributed by atoms with Crippen molar-refractivity contribution >= 4 is 45.9 Å². The van der Waals surface area contributed by atoms with Crippen molar-refractivity contribution in [2.45, 2.75) is 90.4 Å². The van der Waals surface area contributed by atoms with Gasteiger partial charge in [-0.15, -0.1) is 0 Å². The lowest BCUT2D eigenvalue weighted by molar-refractivity contribution is -0.136. The number of H-pyrrole nitrogens is 2. The number of carbonyl (C=O) groups excluding carboxylic acids is 4. The topological polar surface area (TPSA) is 188 Å². The van der Waals surface area contributed by atoms with Gasteiger partial charge in [-0.05, 0) is 67.9 Å². The third kappa shape index (κ3) is 8.07. The first-order chi connectivity index (χ1) is 28.0. The van der Waals surface area contributed by atoms with Crippen LogP contribution in [0.3, 0.4) is 0 Å². The molecule has 2 fully saturated rings. The molecule has 1 unspecified atom stereocenters. The van der Waals surface area contributed by atoms with Gasteiger partial charge in [-0.3, -0.25) is 9.59 Å². The first kappa shape index (κ1) is 40.2. The van der Waals surface area contributed by atoms with Crippen molar-refractivity contribution < 1.29 is 28.7 Å². The average molecular weight is 792 g/mol. The number of alkyl carbamates (subject to hydrolysis) is 2. The Morgan fingerprint density at radius 3 is 1.93 bits per heavy atom.